The summed E-state index contributed by atoms with van der Waals surface area (Å²) in [5, 5.41) is 3.18. The highest BCUT2D eigenvalue weighted by Crippen LogP contribution is 2.30. The van der Waals surface area contributed by atoms with Crippen molar-refractivity contribution in [1.29, 1.82) is 0 Å². The fourth-order valence-electron chi connectivity index (χ4n) is 3.04. The van der Waals surface area contributed by atoms with Crippen LogP contribution < -0.4 is 15.7 Å². The Morgan fingerprint density at radius 3 is 2.37 bits per heavy atom. The first-order valence-electron chi connectivity index (χ1n) is 10.1. The van der Waals surface area contributed by atoms with Crippen LogP contribution in [0.25, 0.3) is 11.0 Å². The molecule has 0 unspecified atom stereocenters. The van der Waals surface area contributed by atoms with Gasteiger partial charge in [0, 0.05) is 6.07 Å². The van der Waals surface area contributed by atoms with Crippen LogP contribution in [0.2, 0.25) is 0 Å². The third-order valence-electron chi connectivity index (χ3n) is 4.37. The minimum absolute atomic E-state index is 0.289. The molecule has 0 saturated heterocycles. The molecule has 164 valence electrons. The van der Waals surface area contributed by atoms with Crippen LogP contribution in [0.4, 0.5) is 4.79 Å². The molecule has 30 heavy (non-hydrogen) atoms. The largest absolute Gasteiger partial charge is 0.444 e. The Morgan fingerprint density at radius 1 is 1.10 bits per heavy atom. The molecule has 7 heteroatoms. The molecular weight excluding hydrogens is 386 g/mol. The Balaban J connectivity index is 2.32. The maximum absolute atomic E-state index is 13.0. The summed E-state index contributed by atoms with van der Waals surface area (Å²) in [5.74, 6) is 0.0350. The number of alkyl carbamates (subject to hydrolysis) is 1. The van der Waals surface area contributed by atoms with Crippen LogP contribution in [0, 0.1) is 19.8 Å². The zero-order valence-electron chi connectivity index (χ0n) is 18.8. The number of hydrogen-bond acceptors (Lipinski definition) is 6. The summed E-state index contributed by atoms with van der Waals surface area (Å²) < 4.78 is 16.2. The van der Waals surface area contributed by atoms with Gasteiger partial charge in [-0.15, -0.1) is 0 Å². The van der Waals surface area contributed by atoms with E-state index < -0.39 is 29.3 Å². The number of ether oxygens (including phenoxy) is 2. The van der Waals surface area contributed by atoms with Crippen LogP contribution in [0.3, 0.4) is 0 Å². The summed E-state index contributed by atoms with van der Waals surface area (Å²) >= 11 is 0. The van der Waals surface area contributed by atoms with Crippen molar-refractivity contribution in [2.45, 2.75) is 73.0 Å². The van der Waals surface area contributed by atoms with Crippen LogP contribution in [0.15, 0.2) is 27.4 Å². The van der Waals surface area contributed by atoms with E-state index in [-0.39, 0.29) is 5.75 Å². The molecule has 2 rings (SSSR count). The van der Waals surface area contributed by atoms with Crippen LogP contribution in [-0.2, 0) is 9.53 Å². The number of benzene rings is 1. The molecule has 1 aromatic carbocycles. The molecule has 0 aliphatic carbocycles. The molecule has 0 saturated carbocycles. The van der Waals surface area contributed by atoms with E-state index in [1.165, 1.54) is 6.07 Å². The number of carbonyl (C=O) groups excluding carboxylic acids is 2. The van der Waals surface area contributed by atoms with Crippen molar-refractivity contribution in [2.75, 3.05) is 0 Å². The predicted molar refractivity (Wildman–Crippen MR) is 115 cm³/mol. The van der Waals surface area contributed by atoms with Crippen molar-refractivity contribution in [3.63, 3.8) is 0 Å². The summed E-state index contributed by atoms with van der Waals surface area (Å²) in [4.78, 5) is 36.9. The molecule has 0 aliphatic rings. The first kappa shape index (κ1) is 23.4. The van der Waals surface area contributed by atoms with Crippen LogP contribution in [0.1, 0.15) is 58.6 Å². The smallest absolute Gasteiger partial charge is 0.408 e. The van der Waals surface area contributed by atoms with Gasteiger partial charge >= 0.3 is 17.7 Å². The van der Waals surface area contributed by atoms with Gasteiger partial charge in [-0.2, -0.15) is 0 Å². The third-order valence-corrected chi connectivity index (χ3v) is 4.37. The fraction of sp³-hybridized carbons (Fsp3) is 0.522. The topological polar surface area (TPSA) is 94.8 Å². The van der Waals surface area contributed by atoms with Crippen LogP contribution >= 0.6 is 0 Å². The maximum Gasteiger partial charge on any atom is 0.408 e. The second-order valence-corrected chi connectivity index (χ2v) is 8.98. The highest BCUT2D eigenvalue weighted by Gasteiger charge is 2.27. The first-order valence-corrected chi connectivity index (χ1v) is 10.1. The third kappa shape index (κ3) is 6.61. The van der Waals surface area contributed by atoms with E-state index in [9.17, 15) is 14.4 Å². The van der Waals surface area contributed by atoms with Gasteiger partial charge in [-0.3, -0.25) is 0 Å². The van der Waals surface area contributed by atoms with Gasteiger partial charge in [0.05, 0.1) is 5.39 Å². The second-order valence-electron chi connectivity index (χ2n) is 8.98. The van der Waals surface area contributed by atoms with Crippen LogP contribution in [0.5, 0.6) is 5.75 Å². The molecule has 0 aliphatic heterocycles. The number of nitrogens with one attached hydrogen (secondary N) is 1. The van der Waals surface area contributed by atoms with Gasteiger partial charge in [-0.1, -0.05) is 13.8 Å². The standard InChI is InChI=1S/C23H31NO6/c1-13(2)8-9-16(24-22(27)30-23(5,6)7)21(26)29-18-11-14(3)10-17-20(18)15(4)12-19(25)28-17/h10-13,16H,8-9H2,1-7H3,(H,24,27)/t16-/m1/s1. The van der Waals surface area contributed by atoms with E-state index in [0.717, 1.165) is 12.0 Å². The minimum Gasteiger partial charge on any atom is -0.444 e. The monoisotopic (exact) mass is 417 g/mol. The van der Waals surface area contributed by atoms with Gasteiger partial charge in [0.1, 0.15) is 23.0 Å². The SMILES string of the molecule is Cc1cc(OC(=O)[C@@H](CCC(C)C)NC(=O)OC(C)(C)C)c2c(C)cc(=O)oc2c1. The molecule has 0 spiro atoms. The van der Waals surface area contributed by atoms with E-state index in [2.05, 4.69) is 5.32 Å². The normalized spacial score (nSPS) is 12.7. The van der Waals surface area contributed by atoms with Crippen molar-refractivity contribution in [2.24, 2.45) is 5.92 Å². The molecule has 7 nitrogen and oxygen atoms in total. The van der Waals surface area contributed by atoms with Gasteiger partial charge < -0.3 is 19.2 Å². The number of hydrogen-bond donors (Lipinski definition) is 1. The van der Waals surface area contributed by atoms with Crippen molar-refractivity contribution in [1.82, 2.24) is 5.32 Å². The van der Waals surface area contributed by atoms with E-state index in [1.807, 2.05) is 20.8 Å². The van der Waals surface area contributed by atoms with E-state index >= 15 is 0 Å². The maximum atomic E-state index is 13.0. The molecule has 1 amide bonds. The average molecular weight is 418 g/mol. The quantitative estimate of drug-likeness (QED) is 0.418. The predicted octanol–water partition coefficient (Wildman–Crippen LogP) is 4.64. The Morgan fingerprint density at radius 2 is 1.77 bits per heavy atom. The van der Waals surface area contributed by atoms with Gasteiger partial charge in [0.25, 0.3) is 0 Å². The van der Waals surface area contributed by atoms with Crippen LogP contribution in [-0.4, -0.2) is 23.7 Å². The highest BCUT2D eigenvalue weighted by molar-refractivity contribution is 5.91. The Kier molecular flexibility index (Phi) is 7.29. The first-order chi connectivity index (χ1) is 13.9. The van der Waals surface area contributed by atoms with E-state index in [4.69, 9.17) is 13.9 Å². The summed E-state index contributed by atoms with van der Waals surface area (Å²) in [5.41, 5.74) is 0.615. The molecule has 0 fully saturated rings. The number of amides is 1. The lowest BCUT2D eigenvalue weighted by atomic mass is 10.0. The fourth-order valence-corrected chi connectivity index (χ4v) is 3.04. The van der Waals surface area contributed by atoms with Crippen molar-refractivity contribution in [3.05, 3.63) is 39.7 Å². The lowest BCUT2D eigenvalue weighted by Crippen LogP contribution is -2.45. The molecule has 1 heterocycles. The van der Waals surface area contributed by atoms with E-state index in [0.29, 0.717) is 28.9 Å². The highest BCUT2D eigenvalue weighted by atomic mass is 16.6. The molecule has 0 bridgehead atoms. The zero-order valence-corrected chi connectivity index (χ0v) is 18.8. The summed E-state index contributed by atoms with van der Waals surface area (Å²) in [7, 11) is 0. The van der Waals surface area contributed by atoms with Gasteiger partial charge in [0.15, 0.2) is 0 Å². The minimum atomic E-state index is -0.867. The summed E-state index contributed by atoms with van der Waals surface area (Å²) in [6, 6.07) is 3.91. The lowest BCUT2D eigenvalue weighted by Gasteiger charge is -2.23. The summed E-state index contributed by atoms with van der Waals surface area (Å²) in [6.07, 6.45) is 0.454. The molecule has 1 atom stereocenters. The molecule has 0 radical (unpaired) electrons. The Hall–Kier alpha value is -2.83. The zero-order chi connectivity index (χ0) is 22.6. The molecule has 2 aromatic rings. The van der Waals surface area contributed by atoms with Crippen molar-refractivity contribution < 1.29 is 23.5 Å². The number of rotatable bonds is 6. The van der Waals surface area contributed by atoms with E-state index in [1.54, 1.807) is 39.8 Å². The number of esters is 1. The van der Waals surface area contributed by atoms with Crippen molar-refractivity contribution >= 4 is 23.0 Å². The number of fused-ring (bicyclic) bond motifs is 1. The average Bonchev–Trinajstić information content (AvgIpc) is 2.55. The van der Waals surface area contributed by atoms with Gasteiger partial charge in [-0.05, 0) is 76.6 Å². The number of aryl methyl sites for hydroxylation is 2. The second kappa shape index (κ2) is 9.32. The summed E-state index contributed by atoms with van der Waals surface area (Å²) in [6.45, 7) is 12.9. The number of carbonyl (C=O) groups is 2. The molecule has 1 N–H and O–H groups in total. The lowest BCUT2D eigenvalue weighted by molar-refractivity contribution is -0.137. The Labute approximate surface area is 176 Å². The van der Waals surface area contributed by atoms with Gasteiger partial charge in [-0.25, -0.2) is 14.4 Å². The molecular formula is C23H31NO6. The van der Waals surface area contributed by atoms with Gasteiger partial charge in [0.2, 0.25) is 0 Å². The molecule has 1 aromatic heterocycles. The Bertz CT molecular complexity index is 984. The van der Waals surface area contributed by atoms with Crippen molar-refractivity contribution in [3.8, 4) is 5.75 Å².